The molecule has 1 aliphatic carbocycles. The van der Waals surface area contributed by atoms with Gasteiger partial charge in [0.05, 0.1) is 6.61 Å². The Morgan fingerprint density at radius 3 is 2.65 bits per heavy atom. The Hall–Kier alpha value is -0.840. The molecule has 0 amide bonds. The molecule has 0 N–H and O–H groups in total. The van der Waals surface area contributed by atoms with Gasteiger partial charge in [-0.05, 0) is 32.6 Å². The topological polar surface area (TPSA) is 52.6 Å². The molecule has 1 fully saturated rings. The maximum absolute atomic E-state index is 11.8. The molecule has 94 valence electrons. The minimum atomic E-state index is -0.560. The molecule has 1 aliphatic heterocycles. The van der Waals surface area contributed by atoms with Crippen LogP contribution in [0.3, 0.4) is 0 Å². The first-order chi connectivity index (χ1) is 8.14. The van der Waals surface area contributed by atoms with E-state index in [4.69, 9.17) is 9.47 Å². The molecule has 17 heavy (non-hydrogen) atoms. The van der Waals surface area contributed by atoms with E-state index in [1.54, 1.807) is 6.92 Å². The van der Waals surface area contributed by atoms with Gasteiger partial charge in [0.15, 0.2) is 0 Å². The summed E-state index contributed by atoms with van der Waals surface area (Å²) in [5.74, 6) is -1.09. The Labute approximate surface area is 108 Å². The summed E-state index contributed by atoms with van der Waals surface area (Å²) < 4.78 is 10.4. The van der Waals surface area contributed by atoms with Crippen LogP contribution < -0.4 is 0 Å². The van der Waals surface area contributed by atoms with Gasteiger partial charge in [-0.3, -0.25) is 0 Å². The Bertz CT molecular complexity index is 380. The van der Waals surface area contributed by atoms with Crippen LogP contribution in [0.2, 0.25) is 0 Å². The second-order valence-corrected chi connectivity index (χ2v) is 4.86. The number of halogens is 1. The standard InChI is InChI=1S/C12H15BrO4/c1-2-16-10(14)9-8(7-13)12(17-11(9)15)5-3-4-6-12/h2-7H2,1H3. The highest BCUT2D eigenvalue weighted by Crippen LogP contribution is 2.45. The van der Waals surface area contributed by atoms with Crippen molar-refractivity contribution in [3.8, 4) is 0 Å². The molecule has 1 heterocycles. The van der Waals surface area contributed by atoms with E-state index in [2.05, 4.69) is 15.9 Å². The third kappa shape index (κ3) is 2.01. The fourth-order valence-electron chi connectivity index (χ4n) is 2.59. The number of hydrogen-bond donors (Lipinski definition) is 0. The van der Waals surface area contributed by atoms with Crippen LogP contribution in [0.1, 0.15) is 32.6 Å². The summed E-state index contributed by atoms with van der Waals surface area (Å²) in [5, 5.41) is 0.479. The largest absolute Gasteiger partial charge is 0.462 e. The SMILES string of the molecule is CCOC(=O)C1=C(CBr)C2(CCCC2)OC1=O. The fourth-order valence-corrected chi connectivity index (χ4v) is 3.38. The second kappa shape index (κ2) is 4.80. The summed E-state index contributed by atoms with van der Waals surface area (Å²) in [6.45, 7) is 1.98. The molecular formula is C12H15BrO4. The third-order valence-electron chi connectivity index (χ3n) is 3.37. The van der Waals surface area contributed by atoms with Crippen molar-refractivity contribution in [3.05, 3.63) is 11.1 Å². The zero-order chi connectivity index (χ0) is 12.5. The summed E-state index contributed by atoms with van der Waals surface area (Å²) in [5.41, 5.74) is 0.326. The van der Waals surface area contributed by atoms with Crippen LogP contribution in [0.4, 0.5) is 0 Å². The molecule has 0 atom stereocenters. The van der Waals surface area contributed by atoms with E-state index >= 15 is 0 Å². The van der Waals surface area contributed by atoms with Crippen LogP contribution in [0.25, 0.3) is 0 Å². The predicted molar refractivity (Wildman–Crippen MR) is 64.7 cm³/mol. The Morgan fingerprint density at radius 2 is 2.12 bits per heavy atom. The molecule has 5 heteroatoms. The van der Waals surface area contributed by atoms with Gasteiger partial charge in [0.25, 0.3) is 0 Å². The maximum atomic E-state index is 11.8. The van der Waals surface area contributed by atoms with E-state index in [9.17, 15) is 9.59 Å². The lowest BCUT2D eigenvalue weighted by Crippen LogP contribution is -2.28. The summed E-state index contributed by atoms with van der Waals surface area (Å²) in [6.07, 6.45) is 3.67. The van der Waals surface area contributed by atoms with Crippen LogP contribution in [-0.2, 0) is 19.1 Å². The molecule has 1 spiro atoms. The number of rotatable bonds is 3. The smallest absolute Gasteiger partial charge is 0.346 e. The van der Waals surface area contributed by atoms with Crippen LogP contribution >= 0.6 is 15.9 Å². The van der Waals surface area contributed by atoms with Gasteiger partial charge in [-0.15, -0.1) is 0 Å². The van der Waals surface area contributed by atoms with E-state index in [1.807, 2.05) is 0 Å². The van der Waals surface area contributed by atoms with Crippen molar-refractivity contribution in [1.29, 1.82) is 0 Å². The van der Waals surface area contributed by atoms with Crippen LogP contribution in [0, 0.1) is 0 Å². The lowest BCUT2D eigenvalue weighted by atomic mass is 9.91. The molecular weight excluding hydrogens is 288 g/mol. The van der Waals surface area contributed by atoms with Crippen molar-refractivity contribution in [2.75, 3.05) is 11.9 Å². The maximum Gasteiger partial charge on any atom is 0.346 e. The molecule has 2 rings (SSSR count). The van der Waals surface area contributed by atoms with Gasteiger partial charge in [-0.1, -0.05) is 15.9 Å². The number of carbonyl (C=O) groups is 2. The van der Waals surface area contributed by atoms with E-state index in [0.717, 1.165) is 31.3 Å². The quantitative estimate of drug-likeness (QED) is 0.455. The van der Waals surface area contributed by atoms with Crippen LogP contribution in [-0.4, -0.2) is 29.5 Å². The molecule has 0 unspecified atom stereocenters. The molecule has 0 bridgehead atoms. The molecule has 0 radical (unpaired) electrons. The third-order valence-corrected chi connectivity index (χ3v) is 3.93. The minimum Gasteiger partial charge on any atom is -0.462 e. The van der Waals surface area contributed by atoms with Gasteiger partial charge < -0.3 is 9.47 Å². The van der Waals surface area contributed by atoms with Gasteiger partial charge in [0.2, 0.25) is 0 Å². The molecule has 0 aromatic rings. The summed E-state index contributed by atoms with van der Waals surface area (Å²) >= 11 is 3.35. The average molecular weight is 303 g/mol. The van der Waals surface area contributed by atoms with Gasteiger partial charge in [-0.25, -0.2) is 9.59 Å². The first-order valence-corrected chi connectivity index (χ1v) is 6.97. The number of hydrogen-bond acceptors (Lipinski definition) is 4. The Balaban J connectivity index is 2.37. The van der Waals surface area contributed by atoms with Gasteiger partial charge in [0.1, 0.15) is 11.2 Å². The van der Waals surface area contributed by atoms with E-state index in [0.29, 0.717) is 5.33 Å². The number of ether oxygens (including phenoxy) is 2. The highest BCUT2D eigenvalue weighted by Gasteiger charge is 2.50. The molecule has 1 saturated carbocycles. The van der Waals surface area contributed by atoms with Crippen molar-refractivity contribution >= 4 is 27.9 Å². The zero-order valence-corrected chi connectivity index (χ0v) is 11.3. The van der Waals surface area contributed by atoms with Gasteiger partial charge in [0, 0.05) is 10.9 Å². The molecule has 2 aliphatic rings. The van der Waals surface area contributed by atoms with Crippen molar-refractivity contribution in [3.63, 3.8) is 0 Å². The van der Waals surface area contributed by atoms with Gasteiger partial charge in [-0.2, -0.15) is 0 Å². The van der Waals surface area contributed by atoms with E-state index < -0.39 is 17.5 Å². The van der Waals surface area contributed by atoms with E-state index in [-0.39, 0.29) is 12.2 Å². The second-order valence-electron chi connectivity index (χ2n) is 4.30. The zero-order valence-electron chi connectivity index (χ0n) is 9.75. The van der Waals surface area contributed by atoms with Gasteiger partial charge >= 0.3 is 11.9 Å². The highest BCUT2D eigenvalue weighted by molar-refractivity contribution is 9.09. The molecule has 0 aromatic carbocycles. The number of carbonyl (C=O) groups excluding carboxylic acids is 2. The Kier molecular flexibility index (Phi) is 3.56. The highest BCUT2D eigenvalue weighted by atomic mass is 79.9. The average Bonchev–Trinajstić information content (AvgIpc) is 2.84. The monoisotopic (exact) mass is 302 g/mol. The molecule has 0 aromatic heterocycles. The van der Waals surface area contributed by atoms with Crippen LogP contribution in [0.5, 0.6) is 0 Å². The minimum absolute atomic E-state index is 0.102. The first-order valence-electron chi connectivity index (χ1n) is 5.84. The summed E-state index contributed by atoms with van der Waals surface area (Å²) in [7, 11) is 0. The van der Waals surface area contributed by atoms with Crippen molar-refractivity contribution < 1.29 is 19.1 Å². The summed E-state index contributed by atoms with van der Waals surface area (Å²) in [4.78, 5) is 23.6. The van der Waals surface area contributed by atoms with E-state index in [1.165, 1.54) is 0 Å². The van der Waals surface area contributed by atoms with Crippen LogP contribution in [0.15, 0.2) is 11.1 Å². The lowest BCUT2D eigenvalue weighted by Gasteiger charge is -2.24. The Morgan fingerprint density at radius 1 is 1.47 bits per heavy atom. The van der Waals surface area contributed by atoms with Crippen molar-refractivity contribution in [1.82, 2.24) is 0 Å². The normalized spacial score (nSPS) is 22.1. The lowest BCUT2D eigenvalue weighted by molar-refractivity contribution is -0.150. The number of esters is 2. The number of alkyl halides is 1. The van der Waals surface area contributed by atoms with Crippen molar-refractivity contribution in [2.24, 2.45) is 0 Å². The first kappa shape index (κ1) is 12.6. The molecule has 4 nitrogen and oxygen atoms in total. The summed E-state index contributed by atoms with van der Waals surface area (Å²) in [6, 6.07) is 0. The predicted octanol–water partition coefficient (Wildman–Crippen LogP) is 2.11. The van der Waals surface area contributed by atoms with Crippen molar-refractivity contribution in [2.45, 2.75) is 38.2 Å². The fraction of sp³-hybridized carbons (Fsp3) is 0.667. The molecule has 0 saturated heterocycles.